The number of nitrogens with one attached hydrogen (secondary N) is 2. The smallest absolute Gasteiger partial charge is 0.263 e. The molecule has 2 heterocycles. The van der Waals surface area contributed by atoms with Gasteiger partial charge >= 0.3 is 0 Å². The second-order valence-corrected chi connectivity index (χ2v) is 7.31. The van der Waals surface area contributed by atoms with Gasteiger partial charge in [0.2, 0.25) is 0 Å². The minimum absolute atomic E-state index is 0.0800. The first-order valence-electron chi connectivity index (χ1n) is 8.42. The summed E-state index contributed by atoms with van der Waals surface area (Å²) >= 11 is 1.34. The van der Waals surface area contributed by atoms with Crippen LogP contribution in [0.3, 0.4) is 0 Å². The van der Waals surface area contributed by atoms with E-state index >= 15 is 0 Å². The van der Waals surface area contributed by atoms with Crippen LogP contribution in [0.4, 0.5) is 4.39 Å². The van der Waals surface area contributed by atoms with Crippen LogP contribution in [0.1, 0.15) is 40.1 Å². The summed E-state index contributed by atoms with van der Waals surface area (Å²) < 4.78 is 18.5. The number of nitrogens with zero attached hydrogens (tertiary/aromatic N) is 1. The van der Waals surface area contributed by atoms with E-state index in [1.54, 1.807) is 12.1 Å². The Bertz CT molecular complexity index is 732. The van der Waals surface area contributed by atoms with Crippen LogP contribution < -0.4 is 15.4 Å². The standard InChI is InChI=1S/C18H22FN3O2S/c1-11-15(4-3-9-20-11)22-18(23)17-12(2)21-16(25-17)10-24-14-7-5-13(19)6-8-14/h5-8,11,15,20H,3-4,9-10H2,1-2H3,(H,22,23). The van der Waals surface area contributed by atoms with Gasteiger partial charge in [-0.15, -0.1) is 11.3 Å². The van der Waals surface area contributed by atoms with E-state index in [1.807, 2.05) is 6.92 Å². The Morgan fingerprint density at radius 3 is 2.92 bits per heavy atom. The van der Waals surface area contributed by atoms with Gasteiger partial charge in [-0.1, -0.05) is 0 Å². The lowest BCUT2D eigenvalue weighted by Gasteiger charge is -2.30. The molecular weight excluding hydrogens is 341 g/mol. The number of carbonyl (C=O) groups is 1. The van der Waals surface area contributed by atoms with Gasteiger partial charge in [0.05, 0.1) is 5.69 Å². The van der Waals surface area contributed by atoms with Crippen molar-refractivity contribution in [2.45, 2.75) is 45.4 Å². The third-order valence-electron chi connectivity index (χ3n) is 4.30. The summed E-state index contributed by atoms with van der Waals surface area (Å²) in [5.74, 6) is 0.189. The van der Waals surface area contributed by atoms with Crippen molar-refractivity contribution in [2.75, 3.05) is 6.54 Å². The molecule has 0 bridgehead atoms. The topological polar surface area (TPSA) is 63.2 Å². The number of benzene rings is 1. The van der Waals surface area contributed by atoms with Gasteiger partial charge in [0, 0.05) is 12.1 Å². The molecule has 1 aliphatic rings. The van der Waals surface area contributed by atoms with E-state index in [2.05, 4.69) is 22.5 Å². The third kappa shape index (κ3) is 4.55. The Kier molecular flexibility index (Phi) is 5.65. The number of hydrogen-bond acceptors (Lipinski definition) is 5. The number of carbonyl (C=O) groups excluding carboxylic acids is 1. The molecule has 0 aliphatic carbocycles. The Labute approximate surface area is 150 Å². The zero-order chi connectivity index (χ0) is 17.8. The number of halogens is 1. The summed E-state index contributed by atoms with van der Waals surface area (Å²) in [5.41, 5.74) is 0.705. The molecular formula is C18H22FN3O2S. The van der Waals surface area contributed by atoms with Crippen LogP contribution in [-0.4, -0.2) is 29.5 Å². The molecule has 2 aromatic rings. The highest BCUT2D eigenvalue weighted by molar-refractivity contribution is 7.13. The summed E-state index contributed by atoms with van der Waals surface area (Å²) in [6, 6.07) is 6.25. The molecule has 2 N–H and O–H groups in total. The van der Waals surface area contributed by atoms with Crippen LogP contribution >= 0.6 is 11.3 Å². The van der Waals surface area contributed by atoms with E-state index in [-0.39, 0.29) is 30.4 Å². The molecule has 1 amide bonds. The zero-order valence-corrected chi connectivity index (χ0v) is 15.2. The van der Waals surface area contributed by atoms with E-state index in [0.29, 0.717) is 16.3 Å². The highest BCUT2D eigenvalue weighted by Crippen LogP contribution is 2.21. The molecule has 1 saturated heterocycles. The van der Waals surface area contributed by atoms with Crippen molar-refractivity contribution in [3.8, 4) is 5.75 Å². The van der Waals surface area contributed by atoms with Crippen LogP contribution in [0, 0.1) is 12.7 Å². The van der Waals surface area contributed by atoms with Crippen molar-refractivity contribution in [1.29, 1.82) is 0 Å². The number of hydrogen-bond donors (Lipinski definition) is 2. The molecule has 3 rings (SSSR count). The molecule has 7 heteroatoms. The minimum atomic E-state index is -0.303. The van der Waals surface area contributed by atoms with Gasteiger partial charge in [-0.2, -0.15) is 0 Å². The van der Waals surface area contributed by atoms with Crippen molar-refractivity contribution < 1.29 is 13.9 Å². The molecule has 134 valence electrons. The molecule has 2 atom stereocenters. The predicted molar refractivity (Wildman–Crippen MR) is 95.5 cm³/mol. The second kappa shape index (κ2) is 7.93. The number of aryl methyl sites for hydroxylation is 1. The first-order valence-corrected chi connectivity index (χ1v) is 9.23. The van der Waals surface area contributed by atoms with Crippen molar-refractivity contribution in [3.05, 3.63) is 45.7 Å². The maximum absolute atomic E-state index is 12.9. The van der Waals surface area contributed by atoms with E-state index in [1.165, 1.54) is 23.5 Å². The summed E-state index contributed by atoms with van der Waals surface area (Å²) in [6.07, 6.45) is 2.05. The summed E-state index contributed by atoms with van der Waals surface area (Å²) in [6.45, 7) is 5.17. The molecule has 25 heavy (non-hydrogen) atoms. The number of ether oxygens (including phenoxy) is 1. The molecule has 1 aromatic heterocycles. The molecule has 1 fully saturated rings. The van der Waals surface area contributed by atoms with Gasteiger partial charge in [-0.3, -0.25) is 4.79 Å². The fraction of sp³-hybridized carbons (Fsp3) is 0.444. The molecule has 0 spiro atoms. The molecule has 1 aliphatic heterocycles. The molecule has 2 unspecified atom stereocenters. The van der Waals surface area contributed by atoms with Crippen molar-refractivity contribution in [2.24, 2.45) is 0 Å². The van der Waals surface area contributed by atoms with Crippen LogP contribution in [0.15, 0.2) is 24.3 Å². The lowest BCUT2D eigenvalue weighted by atomic mass is 10.00. The predicted octanol–water partition coefficient (Wildman–Crippen LogP) is 3.04. The number of rotatable bonds is 5. The summed E-state index contributed by atoms with van der Waals surface area (Å²) in [7, 11) is 0. The lowest BCUT2D eigenvalue weighted by Crippen LogP contribution is -2.51. The maximum atomic E-state index is 12.9. The fourth-order valence-corrected chi connectivity index (χ4v) is 3.76. The van der Waals surface area contributed by atoms with E-state index in [0.717, 1.165) is 24.4 Å². The van der Waals surface area contributed by atoms with Gasteiger partial charge in [-0.05, 0) is 57.5 Å². The first kappa shape index (κ1) is 17.8. The molecule has 5 nitrogen and oxygen atoms in total. The normalized spacial score (nSPS) is 20.3. The second-order valence-electron chi connectivity index (χ2n) is 6.23. The number of piperidine rings is 1. The molecule has 0 saturated carbocycles. The number of thiazole rings is 1. The number of aromatic nitrogens is 1. The first-order chi connectivity index (χ1) is 12.0. The monoisotopic (exact) mass is 363 g/mol. The Morgan fingerprint density at radius 1 is 1.44 bits per heavy atom. The van der Waals surface area contributed by atoms with Crippen LogP contribution in [-0.2, 0) is 6.61 Å². The largest absolute Gasteiger partial charge is 0.486 e. The zero-order valence-electron chi connectivity index (χ0n) is 14.3. The van der Waals surface area contributed by atoms with Crippen molar-refractivity contribution >= 4 is 17.2 Å². The minimum Gasteiger partial charge on any atom is -0.486 e. The number of amides is 1. The Balaban J connectivity index is 1.61. The summed E-state index contributed by atoms with van der Waals surface area (Å²) in [5, 5.41) is 7.21. The quantitative estimate of drug-likeness (QED) is 0.857. The fourth-order valence-electron chi connectivity index (χ4n) is 2.88. The Hall–Kier alpha value is -1.99. The van der Waals surface area contributed by atoms with Gasteiger partial charge in [0.1, 0.15) is 28.1 Å². The molecule has 0 radical (unpaired) electrons. The van der Waals surface area contributed by atoms with Gasteiger partial charge < -0.3 is 15.4 Å². The van der Waals surface area contributed by atoms with Gasteiger partial charge in [0.25, 0.3) is 5.91 Å². The average molecular weight is 363 g/mol. The third-order valence-corrected chi connectivity index (χ3v) is 5.43. The molecule has 1 aromatic carbocycles. The summed E-state index contributed by atoms with van der Waals surface area (Å²) in [4.78, 5) is 17.6. The van der Waals surface area contributed by atoms with Crippen molar-refractivity contribution in [3.63, 3.8) is 0 Å². The lowest BCUT2D eigenvalue weighted by molar-refractivity contribution is 0.0923. The SMILES string of the molecule is Cc1nc(COc2ccc(F)cc2)sc1C(=O)NC1CCCNC1C. The van der Waals surface area contributed by atoms with Gasteiger partial charge in [-0.25, -0.2) is 9.37 Å². The highest BCUT2D eigenvalue weighted by atomic mass is 32.1. The van der Waals surface area contributed by atoms with E-state index in [4.69, 9.17) is 4.74 Å². The Morgan fingerprint density at radius 2 is 2.20 bits per heavy atom. The van der Waals surface area contributed by atoms with E-state index in [9.17, 15) is 9.18 Å². The van der Waals surface area contributed by atoms with Crippen LogP contribution in [0.25, 0.3) is 0 Å². The van der Waals surface area contributed by atoms with Crippen molar-refractivity contribution in [1.82, 2.24) is 15.6 Å². The maximum Gasteiger partial charge on any atom is 0.263 e. The average Bonchev–Trinajstić information content (AvgIpc) is 2.97. The highest BCUT2D eigenvalue weighted by Gasteiger charge is 2.24. The van der Waals surface area contributed by atoms with Crippen LogP contribution in [0.5, 0.6) is 5.75 Å². The van der Waals surface area contributed by atoms with Gasteiger partial charge in [0.15, 0.2) is 0 Å². The van der Waals surface area contributed by atoms with E-state index < -0.39 is 0 Å². The van der Waals surface area contributed by atoms with Crippen LogP contribution in [0.2, 0.25) is 0 Å².